The van der Waals surface area contributed by atoms with E-state index in [0.717, 1.165) is 18.1 Å². The molecule has 39 heavy (non-hydrogen) atoms. The molecule has 13 heteroatoms. The number of hydrogen-bond acceptors (Lipinski definition) is 7. The zero-order chi connectivity index (χ0) is 31.1. The molecule has 0 aliphatic rings. The van der Waals surface area contributed by atoms with E-state index in [4.69, 9.17) is 9.47 Å². The molecule has 0 amide bonds. The molecule has 0 aliphatic heterocycles. The Labute approximate surface area is 232 Å². The molecule has 1 unspecified atom stereocenters. The fraction of sp³-hybridized carbons (Fsp3) is 0.731. The molecule has 1 aromatic rings. The monoisotopic (exact) mass is 603 g/mol. The van der Waals surface area contributed by atoms with E-state index in [1.165, 1.54) is 12.1 Å². The second-order valence-electron chi connectivity index (χ2n) is 12.4. The van der Waals surface area contributed by atoms with Gasteiger partial charge in [-0.15, -0.1) is 0 Å². The standard InChI is InChI=1S/C22H34F3NO7S2.C4H10/c1-19(2,3)15-21(7,20(4,5)6)18(27)33-14-8-13-32-16-9-11-17(12-10-16)34(28,29)26-35(30,31)22(23,24)25;1-4(2)3/h9-12,26H,8,13-15H2,1-7H3;4H,1-3H3. The highest BCUT2D eigenvalue weighted by molar-refractivity contribution is 8.05. The Morgan fingerprint density at radius 2 is 1.33 bits per heavy atom. The van der Waals surface area contributed by atoms with Crippen molar-refractivity contribution >= 4 is 26.0 Å². The highest BCUT2D eigenvalue weighted by Gasteiger charge is 2.49. The molecule has 1 atom stereocenters. The summed E-state index contributed by atoms with van der Waals surface area (Å²) < 4.78 is 94.9. The van der Waals surface area contributed by atoms with Crippen molar-refractivity contribution in [3.63, 3.8) is 0 Å². The van der Waals surface area contributed by atoms with Gasteiger partial charge in [-0.05, 0) is 54.4 Å². The Kier molecular flexibility index (Phi) is 13.0. The number of sulfonamides is 2. The van der Waals surface area contributed by atoms with Gasteiger partial charge in [-0.1, -0.05) is 66.4 Å². The summed E-state index contributed by atoms with van der Waals surface area (Å²) in [7, 11) is -11.0. The normalized spacial score (nSPS) is 14.7. The van der Waals surface area contributed by atoms with Crippen molar-refractivity contribution in [3.8, 4) is 5.75 Å². The zero-order valence-corrected chi connectivity index (χ0v) is 26.2. The van der Waals surface area contributed by atoms with Crippen molar-refractivity contribution in [1.82, 2.24) is 4.13 Å². The maximum Gasteiger partial charge on any atom is 0.512 e. The number of esters is 1. The SMILES string of the molecule is CC(C)(C)CC(C)(C(=O)OCCCOc1ccc(S(=O)(=O)NS(=O)(=O)C(F)(F)F)cc1)C(C)(C)C.CC(C)C. The molecule has 0 spiro atoms. The van der Waals surface area contributed by atoms with Gasteiger partial charge in [0.25, 0.3) is 10.0 Å². The molecular weight excluding hydrogens is 559 g/mol. The average Bonchev–Trinajstić information content (AvgIpc) is 2.69. The van der Waals surface area contributed by atoms with E-state index in [9.17, 15) is 34.8 Å². The molecule has 0 saturated carbocycles. The van der Waals surface area contributed by atoms with Crippen LogP contribution >= 0.6 is 0 Å². The summed E-state index contributed by atoms with van der Waals surface area (Å²) in [6, 6.07) is 4.15. The first-order chi connectivity index (χ1) is 17.3. The summed E-state index contributed by atoms with van der Waals surface area (Å²) in [4.78, 5) is 12.2. The number of ether oxygens (including phenoxy) is 2. The first-order valence-electron chi connectivity index (χ1n) is 12.5. The number of halogens is 3. The van der Waals surface area contributed by atoms with Gasteiger partial charge in [-0.2, -0.15) is 13.2 Å². The second kappa shape index (κ2) is 13.7. The Morgan fingerprint density at radius 1 is 0.872 bits per heavy atom. The Morgan fingerprint density at radius 3 is 1.72 bits per heavy atom. The molecule has 0 heterocycles. The highest BCUT2D eigenvalue weighted by Crippen LogP contribution is 2.47. The van der Waals surface area contributed by atoms with Gasteiger partial charge in [0, 0.05) is 6.42 Å². The summed E-state index contributed by atoms with van der Waals surface area (Å²) >= 11 is 0. The third kappa shape index (κ3) is 12.5. The van der Waals surface area contributed by atoms with Gasteiger partial charge in [-0.3, -0.25) is 4.79 Å². The van der Waals surface area contributed by atoms with Crippen LogP contribution in [0.25, 0.3) is 0 Å². The number of benzene rings is 1. The predicted octanol–water partition coefficient (Wildman–Crippen LogP) is 6.28. The highest BCUT2D eigenvalue weighted by atomic mass is 32.3. The van der Waals surface area contributed by atoms with Crippen LogP contribution in [0.2, 0.25) is 0 Å². The maximum absolute atomic E-state index is 12.9. The summed E-state index contributed by atoms with van der Waals surface area (Å²) in [6.07, 6.45) is 0.972. The molecule has 228 valence electrons. The van der Waals surface area contributed by atoms with E-state index in [1.54, 1.807) is 0 Å². The molecule has 0 saturated heterocycles. The number of alkyl halides is 3. The lowest BCUT2D eigenvalue weighted by atomic mass is 9.61. The van der Waals surface area contributed by atoms with E-state index in [-0.39, 0.29) is 35.8 Å². The first kappa shape index (κ1) is 37.1. The minimum absolute atomic E-state index is 0.0870. The summed E-state index contributed by atoms with van der Waals surface area (Å²) in [5.41, 5.74) is -6.90. The fourth-order valence-corrected chi connectivity index (χ4v) is 5.64. The number of carbonyl (C=O) groups is 1. The molecule has 0 aromatic heterocycles. The summed E-state index contributed by atoms with van der Waals surface area (Å²) in [5, 5.41) is 0. The molecule has 0 aliphatic carbocycles. The van der Waals surface area contributed by atoms with Gasteiger partial charge in [0.1, 0.15) is 5.75 Å². The molecule has 8 nitrogen and oxygen atoms in total. The van der Waals surface area contributed by atoms with Crippen LogP contribution in [0, 0.1) is 22.2 Å². The lowest BCUT2D eigenvalue weighted by Crippen LogP contribution is -2.44. The third-order valence-electron chi connectivity index (χ3n) is 5.44. The third-order valence-corrected chi connectivity index (χ3v) is 8.70. The van der Waals surface area contributed by atoms with Gasteiger partial charge in [-0.25, -0.2) is 16.8 Å². The van der Waals surface area contributed by atoms with E-state index in [0.29, 0.717) is 17.0 Å². The summed E-state index contributed by atoms with van der Waals surface area (Å²) in [5.74, 6) is 0.719. The van der Waals surface area contributed by atoms with Crippen LogP contribution in [0.3, 0.4) is 0 Å². The smallest absolute Gasteiger partial charge is 0.493 e. The van der Waals surface area contributed by atoms with Crippen molar-refractivity contribution in [2.75, 3.05) is 13.2 Å². The first-order valence-corrected chi connectivity index (χ1v) is 15.5. The van der Waals surface area contributed by atoms with Gasteiger partial charge >= 0.3 is 21.5 Å². The Hall–Kier alpha value is -1.86. The fourth-order valence-electron chi connectivity index (χ4n) is 3.23. The molecule has 0 radical (unpaired) electrons. The van der Waals surface area contributed by atoms with Gasteiger partial charge in [0.05, 0.1) is 23.5 Å². The molecule has 1 N–H and O–H groups in total. The van der Waals surface area contributed by atoms with Gasteiger partial charge in [0.2, 0.25) is 0 Å². The van der Waals surface area contributed by atoms with Gasteiger partial charge in [0.15, 0.2) is 0 Å². The van der Waals surface area contributed by atoms with Gasteiger partial charge < -0.3 is 9.47 Å². The van der Waals surface area contributed by atoms with Crippen molar-refractivity contribution in [2.24, 2.45) is 22.2 Å². The zero-order valence-electron chi connectivity index (χ0n) is 24.5. The molecule has 0 fully saturated rings. The van der Waals surface area contributed by atoms with Crippen LogP contribution in [0.4, 0.5) is 13.2 Å². The lowest BCUT2D eigenvalue weighted by molar-refractivity contribution is -0.165. The predicted molar refractivity (Wildman–Crippen MR) is 145 cm³/mol. The van der Waals surface area contributed by atoms with E-state index in [2.05, 4.69) is 41.5 Å². The van der Waals surface area contributed by atoms with Crippen molar-refractivity contribution in [2.45, 2.75) is 92.5 Å². The molecular formula is C26H44F3NO7S2. The molecule has 0 bridgehead atoms. The van der Waals surface area contributed by atoms with Crippen LogP contribution in [-0.2, 0) is 29.6 Å². The van der Waals surface area contributed by atoms with Crippen molar-refractivity contribution < 1.29 is 44.3 Å². The minimum Gasteiger partial charge on any atom is -0.493 e. The number of hydrogen-bond donors (Lipinski definition) is 1. The number of nitrogens with one attached hydrogen (secondary N) is 1. The second-order valence-corrected chi connectivity index (χ2v) is 16.0. The number of carbonyl (C=O) groups excluding carboxylic acids is 1. The molecule has 1 rings (SSSR count). The largest absolute Gasteiger partial charge is 0.512 e. The topological polar surface area (TPSA) is 116 Å². The van der Waals surface area contributed by atoms with Crippen LogP contribution in [-0.4, -0.2) is 41.5 Å². The molecule has 1 aromatic carbocycles. The number of rotatable bonds is 10. The van der Waals surface area contributed by atoms with Crippen LogP contribution in [0.5, 0.6) is 5.75 Å². The van der Waals surface area contributed by atoms with Crippen molar-refractivity contribution in [3.05, 3.63) is 24.3 Å². The van der Waals surface area contributed by atoms with E-state index >= 15 is 0 Å². The van der Waals surface area contributed by atoms with E-state index < -0.39 is 35.9 Å². The van der Waals surface area contributed by atoms with E-state index in [1.807, 2.05) is 27.7 Å². The maximum atomic E-state index is 12.9. The van der Waals surface area contributed by atoms with Crippen molar-refractivity contribution in [1.29, 1.82) is 0 Å². The quantitative estimate of drug-likeness (QED) is 0.247. The minimum atomic E-state index is -6.08. The average molecular weight is 604 g/mol. The lowest BCUT2D eigenvalue weighted by Gasteiger charge is -2.43. The summed E-state index contributed by atoms with van der Waals surface area (Å²) in [6.45, 7) is 20.7. The Balaban J connectivity index is 0.00000336. The van der Waals surface area contributed by atoms with Crippen LogP contribution in [0.15, 0.2) is 29.2 Å². The van der Waals surface area contributed by atoms with Crippen LogP contribution in [0.1, 0.15) is 82.1 Å². The van der Waals surface area contributed by atoms with Crippen LogP contribution < -0.4 is 8.86 Å². The Bertz CT molecular complexity index is 1130.